The maximum absolute atomic E-state index is 6.16. The minimum Gasteiger partial charge on any atom is -0.484 e. The minimum atomic E-state index is -0.213. The number of nitrogens with zero attached hydrogens (tertiary/aromatic N) is 1. The van der Waals surface area contributed by atoms with Crippen LogP contribution in [0.1, 0.15) is 33.3 Å². The van der Waals surface area contributed by atoms with E-state index >= 15 is 0 Å². The number of benzene rings is 1. The lowest BCUT2D eigenvalue weighted by molar-refractivity contribution is 0.103. The number of aryl methyl sites for hydroxylation is 1. The van der Waals surface area contributed by atoms with Crippen molar-refractivity contribution in [2.75, 3.05) is 18.0 Å². The summed E-state index contributed by atoms with van der Waals surface area (Å²) in [6, 6.07) is 6.36. The standard InChI is InChI=1S/C15H24N2O/c1-11-6-7-12-13(8-11)18-15(4,5)10-17(12)9-14(2,3)16/h6-8H,9-10,16H2,1-5H3. The Labute approximate surface area is 110 Å². The highest BCUT2D eigenvalue weighted by molar-refractivity contribution is 5.62. The van der Waals surface area contributed by atoms with Gasteiger partial charge in [0.2, 0.25) is 0 Å². The third-order valence-corrected chi connectivity index (χ3v) is 3.01. The molecule has 0 fully saturated rings. The molecule has 1 aromatic carbocycles. The number of fused-ring (bicyclic) bond motifs is 1. The first-order valence-corrected chi connectivity index (χ1v) is 6.50. The predicted octanol–water partition coefficient (Wildman–Crippen LogP) is 2.71. The molecule has 0 bridgehead atoms. The Morgan fingerprint density at radius 3 is 2.67 bits per heavy atom. The summed E-state index contributed by atoms with van der Waals surface area (Å²) in [7, 11) is 0. The Hall–Kier alpha value is -1.22. The molecule has 100 valence electrons. The maximum Gasteiger partial charge on any atom is 0.143 e. The first-order valence-electron chi connectivity index (χ1n) is 6.50. The first kappa shape index (κ1) is 13.2. The molecule has 0 aromatic heterocycles. The van der Waals surface area contributed by atoms with E-state index in [0.29, 0.717) is 0 Å². The normalized spacial score (nSPS) is 18.2. The molecule has 3 nitrogen and oxygen atoms in total. The van der Waals surface area contributed by atoms with Crippen LogP contribution in [0.3, 0.4) is 0 Å². The third-order valence-electron chi connectivity index (χ3n) is 3.01. The van der Waals surface area contributed by atoms with Gasteiger partial charge in [0.1, 0.15) is 11.4 Å². The van der Waals surface area contributed by atoms with Crippen molar-refractivity contribution in [2.24, 2.45) is 5.73 Å². The van der Waals surface area contributed by atoms with Gasteiger partial charge in [0.25, 0.3) is 0 Å². The van der Waals surface area contributed by atoms with Crippen LogP contribution in [0.25, 0.3) is 0 Å². The lowest BCUT2D eigenvalue weighted by Crippen LogP contribution is -2.53. The van der Waals surface area contributed by atoms with Crippen molar-refractivity contribution in [3.63, 3.8) is 0 Å². The van der Waals surface area contributed by atoms with Crippen LogP contribution in [0.2, 0.25) is 0 Å². The largest absolute Gasteiger partial charge is 0.484 e. The number of hydrogen-bond donors (Lipinski definition) is 1. The monoisotopic (exact) mass is 248 g/mol. The van der Waals surface area contributed by atoms with E-state index in [0.717, 1.165) is 24.5 Å². The van der Waals surface area contributed by atoms with Gasteiger partial charge in [0.05, 0.1) is 12.2 Å². The maximum atomic E-state index is 6.16. The van der Waals surface area contributed by atoms with Crippen molar-refractivity contribution in [3.05, 3.63) is 23.8 Å². The molecule has 0 aliphatic carbocycles. The fourth-order valence-electron chi connectivity index (χ4n) is 2.47. The molecule has 0 amide bonds. The minimum absolute atomic E-state index is 0.175. The van der Waals surface area contributed by atoms with Gasteiger partial charge in [0.15, 0.2) is 0 Å². The van der Waals surface area contributed by atoms with E-state index < -0.39 is 0 Å². The van der Waals surface area contributed by atoms with E-state index in [1.807, 2.05) is 0 Å². The van der Waals surface area contributed by atoms with E-state index in [-0.39, 0.29) is 11.1 Å². The number of hydrogen-bond acceptors (Lipinski definition) is 3. The summed E-state index contributed by atoms with van der Waals surface area (Å²) < 4.78 is 6.06. The molecule has 0 atom stereocenters. The Morgan fingerprint density at radius 2 is 2.06 bits per heavy atom. The van der Waals surface area contributed by atoms with Crippen LogP contribution in [0.15, 0.2) is 18.2 Å². The summed E-state index contributed by atoms with van der Waals surface area (Å²) in [5.74, 6) is 0.968. The van der Waals surface area contributed by atoms with Crippen molar-refractivity contribution in [2.45, 2.75) is 45.8 Å². The van der Waals surface area contributed by atoms with Crippen LogP contribution in [-0.4, -0.2) is 24.2 Å². The topological polar surface area (TPSA) is 38.5 Å². The smallest absolute Gasteiger partial charge is 0.143 e. The SMILES string of the molecule is Cc1ccc2c(c1)OC(C)(C)CN2CC(C)(C)N. The van der Waals surface area contributed by atoms with Gasteiger partial charge in [-0.05, 0) is 52.3 Å². The van der Waals surface area contributed by atoms with Gasteiger partial charge in [-0.3, -0.25) is 0 Å². The number of anilines is 1. The van der Waals surface area contributed by atoms with Crippen molar-refractivity contribution in [1.29, 1.82) is 0 Å². The van der Waals surface area contributed by atoms with Gasteiger partial charge in [-0.1, -0.05) is 6.07 Å². The van der Waals surface area contributed by atoms with E-state index in [1.54, 1.807) is 0 Å². The first-order chi connectivity index (χ1) is 8.16. The predicted molar refractivity (Wildman–Crippen MR) is 76.4 cm³/mol. The second kappa shape index (κ2) is 4.16. The highest BCUT2D eigenvalue weighted by Gasteiger charge is 2.33. The molecule has 3 heteroatoms. The number of nitrogens with two attached hydrogens (primary N) is 1. The highest BCUT2D eigenvalue weighted by Crippen LogP contribution is 2.37. The van der Waals surface area contributed by atoms with Crippen molar-refractivity contribution < 1.29 is 4.74 Å². The van der Waals surface area contributed by atoms with E-state index in [1.165, 1.54) is 5.56 Å². The quantitative estimate of drug-likeness (QED) is 0.874. The van der Waals surface area contributed by atoms with E-state index in [9.17, 15) is 0 Å². The second-order valence-corrected chi connectivity index (χ2v) is 6.68. The molecule has 1 aliphatic heterocycles. The zero-order valence-corrected chi connectivity index (χ0v) is 12.1. The number of rotatable bonds is 2. The summed E-state index contributed by atoms with van der Waals surface area (Å²) in [6.07, 6.45) is 0. The molecule has 2 N–H and O–H groups in total. The Balaban J connectivity index is 2.37. The van der Waals surface area contributed by atoms with Crippen molar-refractivity contribution >= 4 is 5.69 Å². The van der Waals surface area contributed by atoms with Crippen LogP contribution < -0.4 is 15.4 Å². The zero-order valence-electron chi connectivity index (χ0n) is 12.1. The molecule has 1 aromatic rings. The summed E-state index contributed by atoms with van der Waals surface area (Å²) in [5, 5.41) is 0. The van der Waals surface area contributed by atoms with Crippen LogP contribution >= 0.6 is 0 Å². The molecule has 0 spiro atoms. The van der Waals surface area contributed by atoms with Gasteiger partial charge >= 0.3 is 0 Å². The van der Waals surface area contributed by atoms with Crippen molar-refractivity contribution in [1.82, 2.24) is 0 Å². The summed E-state index contributed by atoms with van der Waals surface area (Å²) in [4.78, 5) is 2.33. The lowest BCUT2D eigenvalue weighted by Gasteiger charge is -2.43. The molecule has 2 rings (SSSR count). The van der Waals surface area contributed by atoms with Crippen LogP contribution in [0.4, 0.5) is 5.69 Å². The van der Waals surface area contributed by atoms with Gasteiger partial charge in [-0.15, -0.1) is 0 Å². The fourth-order valence-corrected chi connectivity index (χ4v) is 2.47. The third kappa shape index (κ3) is 2.96. The Bertz CT molecular complexity index is 446. The molecule has 0 saturated heterocycles. The van der Waals surface area contributed by atoms with Crippen LogP contribution in [-0.2, 0) is 0 Å². The summed E-state index contributed by atoms with van der Waals surface area (Å²) >= 11 is 0. The van der Waals surface area contributed by atoms with Crippen LogP contribution in [0, 0.1) is 6.92 Å². The van der Waals surface area contributed by atoms with Crippen molar-refractivity contribution in [3.8, 4) is 5.75 Å². The zero-order chi connectivity index (χ0) is 13.6. The average molecular weight is 248 g/mol. The molecular formula is C15H24N2O. The van der Waals surface area contributed by atoms with Gasteiger partial charge < -0.3 is 15.4 Å². The molecule has 0 radical (unpaired) electrons. The van der Waals surface area contributed by atoms with Crippen LogP contribution in [0.5, 0.6) is 5.75 Å². The van der Waals surface area contributed by atoms with Gasteiger partial charge in [-0.2, -0.15) is 0 Å². The van der Waals surface area contributed by atoms with Gasteiger partial charge in [-0.25, -0.2) is 0 Å². The summed E-state index contributed by atoms with van der Waals surface area (Å²) in [6.45, 7) is 12.1. The molecule has 0 unspecified atom stereocenters. The molecule has 18 heavy (non-hydrogen) atoms. The lowest BCUT2D eigenvalue weighted by atomic mass is 10.0. The van der Waals surface area contributed by atoms with E-state index in [4.69, 9.17) is 10.5 Å². The molecular weight excluding hydrogens is 224 g/mol. The molecule has 1 heterocycles. The molecule has 1 aliphatic rings. The second-order valence-electron chi connectivity index (χ2n) is 6.68. The Morgan fingerprint density at radius 1 is 1.39 bits per heavy atom. The summed E-state index contributed by atoms with van der Waals surface area (Å²) in [5.41, 5.74) is 8.14. The highest BCUT2D eigenvalue weighted by atomic mass is 16.5. The fraction of sp³-hybridized carbons (Fsp3) is 0.600. The number of ether oxygens (including phenoxy) is 1. The average Bonchev–Trinajstić information content (AvgIpc) is 2.11. The van der Waals surface area contributed by atoms with Gasteiger partial charge in [0, 0.05) is 12.1 Å². The Kier molecular flexibility index (Phi) is 3.06. The molecule has 0 saturated carbocycles. The van der Waals surface area contributed by atoms with E-state index in [2.05, 4.69) is 57.7 Å².